The van der Waals surface area contributed by atoms with Gasteiger partial charge in [-0.2, -0.15) is 0 Å². The lowest BCUT2D eigenvalue weighted by Gasteiger charge is -2.04. The Labute approximate surface area is 94.1 Å². The third kappa shape index (κ3) is 3.38. The highest BCUT2D eigenvalue weighted by Crippen LogP contribution is 2.06. The smallest absolute Gasteiger partial charge is 0.247 e. The molecule has 16 heavy (non-hydrogen) atoms. The summed E-state index contributed by atoms with van der Waals surface area (Å²) in [4.78, 5) is 31.2. The molecule has 0 aliphatic heterocycles. The molecule has 0 saturated heterocycles. The van der Waals surface area contributed by atoms with Crippen LogP contribution in [0.1, 0.15) is 29.8 Å². The second kappa shape index (κ2) is 5.30. The molecule has 0 amide bonds. The second-order valence-corrected chi connectivity index (χ2v) is 3.79. The molecular formula is C12H14O4. The van der Waals surface area contributed by atoms with E-state index in [2.05, 4.69) is 9.78 Å². The van der Waals surface area contributed by atoms with Crippen LogP contribution in [0.3, 0.4) is 0 Å². The molecule has 1 aromatic rings. The molecule has 0 aliphatic rings. The summed E-state index contributed by atoms with van der Waals surface area (Å²) in [7, 11) is 0. The van der Waals surface area contributed by atoms with Gasteiger partial charge in [0.05, 0.1) is 11.5 Å². The minimum atomic E-state index is -0.672. The largest absolute Gasteiger partial charge is 0.386 e. The lowest BCUT2D eigenvalue weighted by molar-refractivity contribution is -0.237. The number of hydrogen-bond donors (Lipinski definition) is 0. The third-order valence-electron chi connectivity index (χ3n) is 1.96. The number of aryl methyl sites for hydroxylation is 1. The summed E-state index contributed by atoms with van der Waals surface area (Å²) in [6.45, 7) is 5.22. The van der Waals surface area contributed by atoms with Gasteiger partial charge in [0.1, 0.15) is 0 Å². The van der Waals surface area contributed by atoms with Gasteiger partial charge in [-0.15, -0.1) is 0 Å². The van der Waals surface area contributed by atoms with Crippen molar-refractivity contribution in [1.29, 1.82) is 0 Å². The molecule has 4 heteroatoms. The fraction of sp³-hybridized carbons (Fsp3) is 0.333. The first-order valence-corrected chi connectivity index (χ1v) is 5.00. The highest BCUT2D eigenvalue weighted by molar-refractivity contribution is 5.89. The molecule has 0 bridgehead atoms. The third-order valence-corrected chi connectivity index (χ3v) is 1.96. The van der Waals surface area contributed by atoms with Gasteiger partial charge in [0.2, 0.25) is 0 Å². The van der Waals surface area contributed by atoms with Crippen molar-refractivity contribution in [3.8, 4) is 0 Å². The van der Waals surface area contributed by atoms with Gasteiger partial charge in [-0.05, 0) is 19.1 Å². The zero-order valence-electron chi connectivity index (χ0n) is 9.52. The monoisotopic (exact) mass is 222 g/mol. The van der Waals surface area contributed by atoms with Gasteiger partial charge in [0.15, 0.2) is 0 Å². The highest BCUT2D eigenvalue weighted by Gasteiger charge is 2.14. The molecule has 0 aliphatic carbocycles. The van der Waals surface area contributed by atoms with E-state index >= 15 is 0 Å². The van der Waals surface area contributed by atoms with E-state index < -0.39 is 11.9 Å². The predicted octanol–water partition coefficient (Wildman–Crippen LogP) is 2.27. The summed E-state index contributed by atoms with van der Waals surface area (Å²) in [6, 6.07) is 6.78. The average Bonchev–Trinajstić information content (AvgIpc) is 2.26. The summed E-state index contributed by atoms with van der Waals surface area (Å²) in [5, 5.41) is 0. The Hall–Kier alpha value is -1.84. The Morgan fingerprint density at radius 1 is 1.06 bits per heavy atom. The van der Waals surface area contributed by atoms with Gasteiger partial charge < -0.3 is 0 Å². The quantitative estimate of drug-likeness (QED) is 0.569. The number of carbonyl (C=O) groups is 2. The molecule has 0 aromatic heterocycles. The minimum absolute atomic E-state index is 0.328. The van der Waals surface area contributed by atoms with E-state index in [0.717, 1.165) is 5.56 Å². The normalized spacial score (nSPS) is 10.0. The van der Waals surface area contributed by atoms with Gasteiger partial charge in [-0.1, -0.05) is 31.5 Å². The molecule has 0 N–H and O–H groups in total. The van der Waals surface area contributed by atoms with Crippen molar-refractivity contribution in [2.75, 3.05) is 0 Å². The fourth-order valence-electron chi connectivity index (χ4n) is 0.913. The summed E-state index contributed by atoms with van der Waals surface area (Å²) < 4.78 is 0. The van der Waals surface area contributed by atoms with Crippen molar-refractivity contribution < 1.29 is 19.4 Å². The van der Waals surface area contributed by atoms with Crippen molar-refractivity contribution in [3.05, 3.63) is 35.4 Å². The standard InChI is InChI=1S/C12H14O4/c1-8(2)11(13)15-16-12(14)10-6-4-9(3)5-7-10/h4-8H,1-3H3. The Balaban J connectivity index is 2.53. The lowest BCUT2D eigenvalue weighted by atomic mass is 10.2. The number of hydrogen-bond acceptors (Lipinski definition) is 4. The van der Waals surface area contributed by atoms with E-state index in [-0.39, 0.29) is 5.92 Å². The van der Waals surface area contributed by atoms with Crippen molar-refractivity contribution in [1.82, 2.24) is 0 Å². The van der Waals surface area contributed by atoms with E-state index in [1.807, 2.05) is 6.92 Å². The van der Waals surface area contributed by atoms with Crippen LogP contribution >= 0.6 is 0 Å². The number of rotatable bonds is 2. The first-order chi connectivity index (χ1) is 7.50. The number of carbonyl (C=O) groups excluding carboxylic acids is 2. The van der Waals surface area contributed by atoms with Crippen molar-refractivity contribution in [3.63, 3.8) is 0 Å². The first kappa shape index (κ1) is 12.2. The van der Waals surface area contributed by atoms with Crippen LogP contribution in [-0.2, 0) is 14.6 Å². The zero-order valence-corrected chi connectivity index (χ0v) is 9.52. The first-order valence-electron chi connectivity index (χ1n) is 5.00. The van der Waals surface area contributed by atoms with Gasteiger partial charge >= 0.3 is 11.9 Å². The zero-order chi connectivity index (χ0) is 12.1. The average molecular weight is 222 g/mol. The number of benzene rings is 1. The Morgan fingerprint density at radius 2 is 1.62 bits per heavy atom. The Bertz CT molecular complexity index is 379. The maximum absolute atomic E-state index is 11.4. The summed E-state index contributed by atoms with van der Waals surface area (Å²) >= 11 is 0. The predicted molar refractivity (Wildman–Crippen MR) is 57.5 cm³/mol. The molecule has 0 heterocycles. The molecule has 0 unspecified atom stereocenters. The van der Waals surface area contributed by atoms with Crippen molar-refractivity contribution in [2.24, 2.45) is 5.92 Å². The summed E-state index contributed by atoms with van der Waals surface area (Å²) in [5.41, 5.74) is 1.39. The maximum Gasteiger partial charge on any atom is 0.386 e. The van der Waals surface area contributed by atoms with Crippen LogP contribution in [-0.4, -0.2) is 11.9 Å². The van der Waals surface area contributed by atoms with E-state index in [1.165, 1.54) is 0 Å². The molecule has 0 fully saturated rings. The SMILES string of the molecule is Cc1ccc(C(=O)OOC(=O)C(C)C)cc1. The van der Waals surface area contributed by atoms with Crippen LogP contribution in [0, 0.1) is 12.8 Å². The maximum atomic E-state index is 11.4. The molecule has 0 spiro atoms. The molecule has 0 radical (unpaired) electrons. The van der Waals surface area contributed by atoms with Crippen LogP contribution in [0.4, 0.5) is 0 Å². The highest BCUT2D eigenvalue weighted by atomic mass is 17.2. The second-order valence-electron chi connectivity index (χ2n) is 3.79. The van der Waals surface area contributed by atoms with E-state index in [9.17, 15) is 9.59 Å². The van der Waals surface area contributed by atoms with Gasteiger partial charge in [0, 0.05) is 0 Å². The van der Waals surface area contributed by atoms with Crippen LogP contribution < -0.4 is 0 Å². The van der Waals surface area contributed by atoms with E-state index in [1.54, 1.807) is 38.1 Å². The summed E-state index contributed by atoms with van der Waals surface area (Å²) in [6.07, 6.45) is 0. The van der Waals surface area contributed by atoms with Gasteiger partial charge in [-0.25, -0.2) is 19.4 Å². The van der Waals surface area contributed by atoms with Gasteiger partial charge in [0.25, 0.3) is 0 Å². The fourth-order valence-corrected chi connectivity index (χ4v) is 0.913. The van der Waals surface area contributed by atoms with Gasteiger partial charge in [-0.3, -0.25) is 0 Å². The molecule has 1 rings (SSSR count). The Morgan fingerprint density at radius 3 is 2.12 bits per heavy atom. The van der Waals surface area contributed by atoms with Crippen LogP contribution in [0.2, 0.25) is 0 Å². The molecule has 0 saturated carbocycles. The van der Waals surface area contributed by atoms with Crippen LogP contribution in [0.15, 0.2) is 24.3 Å². The summed E-state index contributed by atoms with van der Waals surface area (Å²) in [5.74, 6) is -1.57. The molecule has 0 atom stereocenters. The Kier molecular flexibility index (Phi) is 4.05. The minimum Gasteiger partial charge on any atom is -0.247 e. The molecule has 1 aromatic carbocycles. The van der Waals surface area contributed by atoms with Crippen molar-refractivity contribution in [2.45, 2.75) is 20.8 Å². The molecular weight excluding hydrogens is 208 g/mol. The van der Waals surface area contributed by atoms with Crippen LogP contribution in [0.25, 0.3) is 0 Å². The van der Waals surface area contributed by atoms with Crippen LogP contribution in [0.5, 0.6) is 0 Å². The molecule has 4 nitrogen and oxygen atoms in total. The lowest BCUT2D eigenvalue weighted by Crippen LogP contribution is -2.15. The van der Waals surface area contributed by atoms with Crippen molar-refractivity contribution >= 4 is 11.9 Å². The molecule has 86 valence electrons. The van der Waals surface area contributed by atoms with E-state index in [0.29, 0.717) is 5.56 Å². The van der Waals surface area contributed by atoms with E-state index in [4.69, 9.17) is 0 Å². The topological polar surface area (TPSA) is 52.6 Å².